The topological polar surface area (TPSA) is 64.7 Å². The normalized spacial score (nSPS) is 15.1. The van der Waals surface area contributed by atoms with Gasteiger partial charge in [0.25, 0.3) is 5.91 Å². The van der Waals surface area contributed by atoms with Crippen LogP contribution in [0.1, 0.15) is 29.3 Å². The molecular formula is C23H30N4O2. The third-order valence-corrected chi connectivity index (χ3v) is 5.10. The highest BCUT2D eigenvalue weighted by atomic mass is 16.2. The van der Waals surface area contributed by atoms with Crippen molar-refractivity contribution in [2.45, 2.75) is 19.9 Å². The smallest absolute Gasteiger partial charge is 0.251 e. The van der Waals surface area contributed by atoms with Gasteiger partial charge in [-0.05, 0) is 36.7 Å². The second-order valence-electron chi connectivity index (χ2n) is 7.47. The number of hydrogen-bond donors (Lipinski definition) is 2. The number of benzene rings is 2. The molecule has 2 N–H and O–H groups in total. The fourth-order valence-corrected chi connectivity index (χ4v) is 3.56. The zero-order valence-corrected chi connectivity index (χ0v) is 17.1. The first-order valence-electron chi connectivity index (χ1n) is 10.2. The fourth-order valence-electron chi connectivity index (χ4n) is 3.56. The molecule has 0 aliphatic carbocycles. The van der Waals surface area contributed by atoms with E-state index in [2.05, 4.69) is 50.8 Å². The maximum Gasteiger partial charge on any atom is 0.251 e. The number of anilines is 1. The van der Waals surface area contributed by atoms with Crippen LogP contribution >= 0.6 is 0 Å². The molecule has 6 heteroatoms. The predicted octanol–water partition coefficient (Wildman–Crippen LogP) is 2.58. The number of hydrogen-bond acceptors (Lipinski definition) is 4. The van der Waals surface area contributed by atoms with E-state index in [-0.39, 0.29) is 11.8 Å². The maximum atomic E-state index is 12.3. The Morgan fingerprint density at radius 1 is 0.931 bits per heavy atom. The Morgan fingerprint density at radius 3 is 2.38 bits per heavy atom. The van der Waals surface area contributed by atoms with E-state index in [1.807, 2.05) is 0 Å². The van der Waals surface area contributed by atoms with Crippen molar-refractivity contribution in [1.29, 1.82) is 0 Å². The highest BCUT2D eigenvalue weighted by Gasteiger charge is 2.16. The van der Waals surface area contributed by atoms with E-state index >= 15 is 0 Å². The van der Waals surface area contributed by atoms with Gasteiger partial charge < -0.3 is 15.5 Å². The van der Waals surface area contributed by atoms with Gasteiger partial charge in [-0.2, -0.15) is 0 Å². The monoisotopic (exact) mass is 394 g/mol. The summed E-state index contributed by atoms with van der Waals surface area (Å²) in [6, 6.07) is 17.6. The van der Waals surface area contributed by atoms with Gasteiger partial charge in [0.2, 0.25) is 5.91 Å². The van der Waals surface area contributed by atoms with Gasteiger partial charge in [-0.3, -0.25) is 14.5 Å². The number of rotatable bonds is 8. The zero-order chi connectivity index (χ0) is 20.5. The minimum Gasteiger partial charge on any atom is -0.352 e. The predicted molar refractivity (Wildman–Crippen MR) is 116 cm³/mol. The third kappa shape index (κ3) is 7.00. The van der Waals surface area contributed by atoms with Crippen LogP contribution in [0.3, 0.4) is 0 Å². The molecule has 0 bridgehead atoms. The molecule has 2 amide bonds. The van der Waals surface area contributed by atoms with Crippen molar-refractivity contribution in [1.82, 2.24) is 15.1 Å². The Labute approximate surface area is 172 Å². The molecular weight excluding hydrogens is 364 g/mol. The van der Waals surface area contributed by atoms with Gasteiger partial charge in [0, 0.05) is 57.4 Å². The molecule has 1 aliphatic heterocycles. The zero-order valence-electron chi connectivity index (χ0n) is 17.1. The Balaban J connectivity index is 1.33. The third-order valence-electron chi connectivity index (χ3n) is 5.10. The Bertz CT molecular complexity index is 802. The summed E-state index contributed by atoms with van der Waals surface area (Å²) in [5.41, 5.74) is 2.57. The SMILES string of the molecule is CC(=O)Nc1cccc(C(=O)NCCCN2CCN(Cc3ccccc3)CC2)c1. The molecule has 29 heavy (non-hydrogen) atoms. The minimum atomic E-state index is -0.147. The van der Waals surface area contributed by atoms with Crippen molar-refractivity contribution in [3.05, 3.63) is 65.7 Å². The van der Waals surface area contributed by atoms with E-state index < -0.39 is 0 Å². The van der Waals surface area contributed by atoms with Gasteiger partial charge in [-0.1, -0.05) is 36.4 Å². The second-order valence-corrected chi connectivity index (χ2v) is 7.47. The van der Waals surface area contributed by atoms with Crippen LogP contribution in [0.2, 0.25) is 0 Å². The molecule has 0 aromatic heterocycles. The Hall–Kier alpha value is -2.70. The number of amides is 2. The Kier molecular flexibility index (Phi) is 7.78. The highest BCUT2D eigenvalue weighted by molar-refractivity contribution is 5.96. The lowest BCUT2D eigenvalue weighted by Gasteiger charge is -2.34. The van der Waals surface area contributed by atoms with E-state index in [0.29, 0.717) is 17.8 Å². The van der Waals surface area contributed by atoms with Crippen LogP contribution in [0.25, 0.3) is 0 Å². The summed E-state index contributed by atoms with van der Waals surface area (Å²) in [6.07, 6.45) is 0.926. The number of piperazine rings is 1. The van der Waals surface area contributed by atoms with Gasteiger partial charge in [0.15, 0.2) is 0 Å². The van der Waals surface area contributed by atoms with Crippen molar-refractivity contribution >= 4 is 17.5 Å². The molecule has 0 unspecified atom stereocenters. The summed E-state index contributed by atoms with van der Waals surface area (Å²) < 4.78 is 0. The lowest BCUT2D eigenvalue weighted by atomic mass is 10.2. The van der Waals surface area contributed by atoms with E-state index in [9.17, 15) is 9.59 Å². The number of carbonyl (C=O) groups excluding carboxylic acids is 2. The van der Waals surface area contributed by atoms with Gasteiger partial charge in [0.05, 0.1) is 0 Å². The lowest BCUT2D eigenvalue weighted by molar-refractivity contribution is -0.114. The Morgan fingerprint density at radius 2 is 1.66 bits per heavy atom. The van der Waals surface area contributed by atoms with E-state index in [1.54, 1.807) is 24.3 Å². The molecule has 2 aromatic carbocycles. The summed E-state index contributed by atoms with van der Waals surface area (Å²) >= 11 is 0. The van der Waals surface area contributed by atoms with E-state index in [1.165, 1.54) is 12.5 Å². The van der Waals surface area contributed by atoms with Crippen LogP contribution in [0.15, 0.2) is 54.6 Å². The summed E-state index contributed by atoms with van der Waals surface area (Å²) in [7, 11) is 0. The molecule has 0 atom stereocenters. The first kappa shape index (κ1) is 21.0. The van der Waals surface area contributed by atoms with Crippen LogP contribution < -0.4 is 10.6 Å². The molecule has 1 fully saturated rings. The summed E-state index contributed by atoms with van der Waals surface area (Å²) in [5.74, 6) is -0.253. The van der Waals surface area contributed by atoms with Crippen molar-refractivity contribution in [3.63, 3.8) is 0 Å². The molecule has 3 rings (SSSR count). The molecule has 154 valence electrons. The van der Waals surface area contributed by atoms with Crippen molar-refractivity contribution in [3.8, 4) is 0 Å². The molecule has 1 saturated heterocycles. The molecule has 6 nitrogen and oxygen atoms in total. The molecule has 0 saturated carbocycles. The maximum absolute atomic E-state index is 12.3. The number of nitrogens with zero attached hydrogens (tertiary/aromatic N) is 2. The summed E-state index contributed by atoms with van der Waals surface area (Å²) in [6.45, 7) is 8.41. The van der Waals surface area contributed by atoms with Crippen LogP contribution in [0.5, 0.6) is 0 Å². The van der Waals surface area contributed by atoms with Crippen LogP contribution in [0.4, 0.5) is 5.69 Å². The summed E-state index contributed by atoms with van der Waals surface area (Å²) in [5, 5.41) is 5.67. The van der Waals surface area contributed by atoms with Gasteiger partial charge in [-0.25, -0.2) is 0 Å². The van der Waals surface area contributed by atoms with E-state index in [4.69, 9.17) is 0 Å². The quantitative estimate of drug-likeness (QED) is 0.676. The van der Waals surface area contributed by atoms with Crippen molar-refractivity contribution < 1.29 is 9.59 Å². The van der Waals surface area contributed by atoms with Gasteiger partial charge in [0.1, 0.15) is 0 Å². The molecule has 1 heterocycles. The first-order chi connectivity index (χ1) is 14.1. The fraction of sp³-hybridized carbons (Fsp3) is 0.391. The average molecular weight is 395 g/mol. The largest absolute Gasteiger partial charge is 0.352 e. The van der Waals surface area contributed by atoms with E-state index in [0.717, 1.165) is 45.7 Å². The van der Waals surface area contributed by atoms with Crippen LogP contribution in [0, 0.1) is 0 Å². The molecule has 0 spiro atoms. The highest BCUT2D eigenvalue weighted by Crippen LogP contribution is 2.11. The molecule has 1 aliphatic rings. The molecule has 0 radical (unpaired) electrons. The average Bonchev–Trinajstić information content (AvgIpc) is 2.73. The first-order valence-corrected chi connectivity index (χ1v) is 10.2. The van der Waals surface area contributed by atoms with Crippen molar-refractivity contribution in [2.24, 2.45) is 0 Å². The van der Waals surface area contributed by atoms with Gasteiger partial charge >= 0.3 is 0 Å². The van der Waals surface area contributed by atoms with Crippen molar-refractivity contribution in [2.75, 3.05) is 44.6 Å². The van der Waals surface area contributed by atoms with Crippen LogP contribution in [-0.2, 0) is 11.3 Å². The van der Waals surface area contributed by atoms with Gasteiger partial charge in [-0.15, -0.1) is 0 Å². The summed E-state index contributed by atoms with van der Waals surface area (Å²) in [4.78, 5) is 28.4. The molecule has 2 aromatic rings. The second kappa shape index (κ2) is 10.7. The minimum absolute atomic E-state index is 0.107. The number of nitrogens with one attached hydrogen (secondary N) is 2. The lowest BCUT2D eigenvalue weighted by Crippen LogP contribution is -2.46. The number of carbonyl (C=O) groups is 2. The van der Waals surface area contributed by atoms with Crippen LogP contribution in [-0.4, -0.2) is 60.9 Å². The standard InChI is InChI=1S/C23H30N4O2/c1-19(28)25-22-10-5-9-21(17-22)23(29)24-11-6-12-26-13-15-27(16-14-26)18-20-7-3-2-4-8-20/h2-5,7-10,17H,6,11-16,18H2,1H3,(H,24,29)(H,25,28).